The zero-order valence-electron chi connectivity index (χ0n) is 23.9. The molecule has 3 N–H and O–H groups in total. The van der Waals surface area contributed by atoms with Crippen LogP contribution in [-0.4, -0.2) is 57.4 Å². The Hall–Kier alpha value is -5.36. The quantitative estimate of drug-likeness (QED) is 0.187. The molecule has 1 unspecified atom stereocenters. The summed E-state index contributed by atoms with van der Waals surface area (Å²) in [5, 5.41) is 4.68. The lowest BCUT2D eigenvalue weighted by Crippen LogP contribution is -2.44. The summed E-state index contributed by atoms with van der Waals surface area (Å²) >= 11 is 0. The van der Waals surface area contributed by atoms with Crippen molar-refractivity contribution in [3.8, 4) is 17.2 Å². The number of imide groups is 1. The molecule has 224 valence electrons. The van der Waals surface area contributed by atoms with Crippen molar-refractivity contribution in [2.75, 3.05) is 24.2 Å². The number of fused-ring (bicyclic) bond motifs is 1. The number of halogens is 2. The summed E-state index contributed by atoms with van der Waals surface area (Å²) in [6.07, 6.45) is 3.02. The average molecular weight is 599 g/mol. The first-order chi connectivity index (χ1) is 21.2. The average Bonchev–Trinajstić information content (AvgIpc) is 3.72. The number of carbonyl (C=O) groups excluding carboxylic acids is 3. The normalized spacial score (nSPS) is 15.0. The van der Waals surface area contributed by atoms with Gasteiger partial charge in [0, 0.05) is 10.9 Å². The van der Waals surface area contributed by atoms with Crippen LogP contribution in [0.4, 0.5) is 20.3 Å². The number of hydrogen-bond acceptors (Lipinski definition) is 7. The zero-order chi connectivity index (χ0) is 31.1. The summed E-state index contributed by atoms with van der Waals surface area (Å²) < 4.78 is 36.3. The molecule has 6 rings (SSSR count). The van der Waals surface area contributed by atoms with Crippen molar-refractivity contribution in [1.82, 2.24) is 19.7 Å². The number of aryl methyl sites for hydroxylation is 1. The molecule has 2 amide bonds. The number of rotatable bonds is 8. The number of hydrogen-bond donors (Lipinski definition) is 2. The van der Waals surface area contributed by atoms with Gasteiger partial charge in [0.05, 0.1) is 34.9 Å². The maximum atomic E-state index is 15.2. The second-order valence-corrected chi connectivity index (χ2v) is 10.7. The lowest BCUT2D eigenvalue weighted by atomic mass is 10.1. The summed E-state index contributed by atoms with van der Waals surface area (Å²) in [5.41, 5.74) is 8.03. The van der Waals surface area contributed by atoms with E-state index < -0.39 is 29.4 Å². The van der Waals surface area contributed by atoms with Crippen LogP contribution in [-0.2, 0) is 9.59 Å². The third kappa shape index (κ3) is 5.09. The van der Waals surface area contributed by atoms with Gasteiger partial charge in [-0.2, -0.15) is 5.10 Å². The highest BCUT2D eigenvalue weighted by molar-refractivity contribution is 6.14. The number of ketones is 1. The molecule has 10 nitrogen and oxygen atoms in total. The minimum atomic E-state index is -0.776. The Morgan fingerprint density at radius 3 is 2.61 bits per heavy atom. The second-order valence-electron chi connectivity index (χ2n) is 10.7. The molecule has 3 heterocycles. The van der Waals surface area contributed by atoms with Crippen LogP contribution in [0.15, 0.2) is 66.9 Å². The Bertz CT molecular complexity index is 1930. The van der Waals surface area contributed by atoms with E-state index in [1.165, 1.54) is 41.2 Å². The van der Waals surface area contributed by atoms with E-state index in [4.69, 9.17) is 10.5 Å². The topological polar surface area (TPSA) is 127 Å². The Morgan fingerprint density at radius 2 is 1.91 bits per heavy atom. The van der Waals surface area contributed by atoms with E-state index in [1.807, 2.05) is 4.90 Å². The van der Waals surface area contributed by atoms with Crippen molar-refractivity contribution in [2.45, 2.75) is 25.8 Å². The van der Waals surface area contributed by atoms with Crippen LogP contribution in [0.1, 0.15) is 34.5 Å². The second kappa shape index (κ2) is 11.4. The first-order valence-electron chi connectivity index (χ1n) is 13.9. The van der Waals surface area contributed by atoms with E-state index >= 15 is 4.39 Å². The summed E-state index contributed by atoms with van der Waals surface area (Å²) in [7, 11) is 1.79. The Kier molecular flexibility index (Phi) is 7.43. The smallest absolute Gasteiger partial charge is 0.250 e. The number of aromatic nitrogens is 3. The SMILES string of the molecule is Cc1cc(Oc2ccccc2F)ccc1-n1ncc(C(=O)c2cc3cc(F)c(N(C=O)C(=O)C4CCCN4C)cc3[nH]2)c1N. The number of benzene rings is 3. The van der Waals surface area contributed by atoms with Crippen LogP contribution in [0.25, 0.3) is 16.6 Å². The number of amides is 2. The summed E-state index contributed by atoms with van der Waals surface area (Å²) in [5.74, 6) is -1.69. The maximum absolute atomic E-state index is 15.2. The number of aromatic amines is 1. The molecule has 3 aromatic carbocycles. The minimum absolute atomic E-state index is 0.0739. The highest BCUT2D eigenvalue weighted by atomic mass is 19.1. The largest absolute Gasteiger partial charge is 0.454 e. The number of para-hydroxylation sites is 1. The highest BCUT2D eigenvalue weighted by Gasteiger charge is 2.33. The number of nitrogens with two attached hydrogens (primary N) is 1. The molecule has 0 spiro atoms. The molecule has 2 aromatic heterocycles. The lowest BCUT2D eigenvalue weighted by molar-refractivity contribution is -0.125. The van der Waals surface area contributed by atoms with Crippen molar-refractivity contribution in [3.05, 3.63) is 95.3 Å². The van der Waals surface area contributed by atoms with Gasteiger partial charge in [0.15, 0.2) is 11.6 Å². The van der Waals surface area contributed by atoms with Gasteiger partial charge >= 0.3 is 0 Å². The van der Waals surface area contributed by atoms with Gasteiger partial charge in [-0.25, -0.2) is 18.4 Å². The molecular weight excluding hydrogens is 570 g/mol. The van der Waals surface area contributed by atoms with Crippen LogP contribution in [0, 0.1) is 18.6 Å². The number of carbonyl (C=O) groups is 3. The third-order valence-electron chi connectivity index (χ3n) is 7.85. The number of nitrogens with zero attached hydrogens (tertiary/aromatic N) is 4. The molecule has 1 aliphatic heterocycles. The van der Waals surface area contributed by atoms with Crippen LogP contribution in [0.5, 0.6) is 11.5 Å². The maximum Gasteiger partial charge on any atom is 0.250 e. The molecule has 0 bridgehead atoms. The van der Waals surface area contributed by atoms with Crippen molar-refractivity contribution >= 4 is 40.5 Å². The van der Waals surface area contributed by atoms with E-state index in [0.717, 1.165) is 11.3 Å². The van der Waals surface area contributed by atoms with Crippen molar-refractivity contribution in [2.24, 2.45) is 0 Å². The fourth-order valence-electron chi connectivity index (χ4n) is 5.51. The first kappa shape index (κ1) is 28.7. The van der Waals surface area contributed by atoms with E-state index in [2.05, 4.69) is 10.1 Å². The Labute approximate surface area is 250 Å². The van der Waals surface area contributed by atoms with Crippen LogP contribution in [0.3, 0.4) is 0 Å². The van der Waals surface area contributed by atoms with Gasteiger partial charge in [0.25, 0.3) is 5.91 Å². The molecular formula is C32H28F2N6O4. The third-order valence-corrected chi connectivity index (χ3v) is 7.85. The number of nitrogens with one attached hydrogen (secondary N) is 1. The number of anilines is 2. The highest BCUT2D eigenvalue weighted by Crippen LogP contribution is 2.31. The number of likely N-dealkylation sites (N-methyl/N-ethyl adjacent to an activating group) is 1. The van der Waals surface area contributed by atoms with E-state index in [1.54, 1.807) is 44.3 Å². The summed E-state index contributed by atoms with van der Waals surface area (Å²) in [4.78, 5) is 44.0. The molecule has 1 fully saturated rings. The fourth-order valence-corrected chi connectivity index (χ4v) is 5.51. The van der Waals surface area contributed by atoms with Crippen LogP contribution >= 0.6 is 0 Å². The first-order valence-corrected chi connectivity index (χ1v) is 13.9. The Balaban J connectivity index is 1.26. The fraction of sp³-hybridized carbons (Fsp3) is 0.188. The van der Waals surface area contributed by atoms with Crippen molar-refractivity contribution in [1.29, 1.82) is 0 Å². The molecule has 44 heavy (non-hydrogen) atoms. The van der Waals surface area contributed by atoms with E-state index in [9.17, 15) is 18.8 Å². The van der Waals surface area contributed by atoms with Gasteiger partial charge < -0.3 is 15.5 Å². The number of likely N-dealkylation sites (tertiary alicyclic amines) is 1. The van der Waals surface area contributed by atoms with Crippen molar-refractivity contribution < 1.29 is 27.9 Å². The number of H-pyrrole nitrogens is 1. The van der Waals surface area contributed by atoms with Gasteiger partial charge in [-0.15, -0.1) is 0 Å². The molecule has 1 saturated heterocycles. The van der Waals surface area contributed by atoms with Crippen molar-refractivity contribution in [3.63, 3.8) is 0 Å². The van der Waals surface area contributed by atoms with Gasteiger partial charge in [-0.05, 0) is 87.5 Å². The van der Waals surface area contributed by atoms with Gasteiger partial charge in [-0.1, -0.05) is 12.1 Å². The van der Waals surface area contributed by atoms with Crippen LogP contribution in [0.2, 0.25) is 0 Å². The van der Waals surface area contributed by atoms with E-state index in [-0.39, 0.29) is 28.5 Å². The van der Waals surface area contributed by atoms with Gasteiger partial charge in [0.2, 0.25) is 12.2 Å². The van der Waals surface area contributed by atoms with E-state index in [0.29, 0.717) is 47.3 Å². The zero-order valence-corrected chi connectivity index (χ0v) is 23.9. The minimum Gasteiger partial charge on any atom is -0.454 e. The molecule has 5 aromatic rings. The molecule has 1 aliphatic rings. The van der Waals surface area contributed by atoms with Gasteiger partial charge in [0.1, 0.15) is 17.4 Å². The number of ether oxygens (including phenoxy) is 1. The molecule has 0 aliphatic carbocycles. The summed E-state index contributed by atoms with van der Waals surface area (Å²) in [6.45, 7) is 2.51. The van der Waals surface area contributed by atoms with Crippen LogP contribution < -0.4 is 15.4 Å². The Morgan fingerprint density at radius 1 is 1.11 bits per heavy atom. The lowest BCUT2D eigenvalue weighted by Gasteiger charge is -2.24. The molecule has 1 atom stereocenters. The summed E-state index contributed by atoms with van der Waals surface area (Å²) in [6, 6.07) is 14.6. The number of nitrogen functional groups attached to an aromatic ring is 1. The van der Waals surface area contributed by atoms with Gasteiger partial charge in [-0.3, -0.25) is 19.3 Å². The standard InChI is InChI=1S/C32H28F2N6O4/c1-18-12-20(44-29-8-4-3-6-22(29)33)9-10-26(18)40-31(35)21(16-36-40)30(42)25-14-19-13-23(34)28(15-24(19)37-25)39(17-41)32(43)27-7-5-11-38(27)2/h3-4,6,8-10,12-17,27,37H,5,7,11,35H2,1-2H3. The molecule has 12 heteroatoms. The monoisotopic (exact) mass is 598 g/mol. The predicted molar refractivity (Wildman–Crippen MR) is 160 cm³/mol. The molecule has 0 saturated carbocycles. The predicted octanol–water partition coefficient (Wildman–Crippen LogP) is 5.13. The molecule has 0 radical (unpaired) electrons.